The molecule has 0 aliphatic heterocycles. The molecule has 0 saturated carbocycles. The largest absolute Gasteiger partial charge is 0.481 e. The van der Waals surface area contributed by atoms with E-state index >= 15 is 0 Å². The fourth-order valence-corrected chi connectivity index (χ4v) is 1.02. The summed E-state index contributed by atoms with van der Waals surface area (Å²) in [7, 11) is 0. The van der Waals surface area contributed by atoms with Crippen LogP contribution < -0.4 is 0 Å². The molecule has 0 aromatic heterocycles. The molecule has 0 heterocycles. The standard InChI is InChI=1S/C10H18O5/c11-9-15-8-4-3-7-14-6-2-1-5-10(12)13/h9H,1-8H2,(H,12,13). The van der Waals surface area contributed by atoms with Crippen molar-refractivity contribution in [3.63, 3.8) is 0 Å². The molecule has 0 fully saturated rings. The van der Waals surface area contributed by atoms with Crippen LogP contribution in [0.15, 0.2) is 0 Å². The molecule has 0 atom stereocenters. The third kappa shape index (κ3) is 12.9. The summed E-state index contributed by atoms with van der Waals surface area (Å²) < 4.78 is 9.76. The molecule has 5 heteroatoms. The lowest BCUT2D eigenvalue weighted by Gasteiger charge is -2.03. The topological polar surface area (TPSA) is 72.8 Å². The predicted molar refractivity (Wildman–Crippen MR) is 53.6 cm³/mol. The van der Waals surface area contributed by atoms with Gasteiger partial charge in [-0.05, 0) is 25.7 Å². The number of ether oxygens (including phenoxy) is 2. The second-order valence-corrected chi connectivity index (χ2v) is 3.14. The Morgan fingerprint density at radius 1 is 1.07 bits per heavy atom. The van der Waals surface area contributed by atoms with Crippen LogP contribution in [-0.2, 0) is 19.1 Å². The van der Waals surface area contributed by atoms with E-state index in [9.17, 15) is 9.59 Å². The molecule has 0 saturated heterocycles. The molecule has 0 amide bonds. The van der Waals surface area contributed by atoms with E-state index < -0.39 is 5.97 Å². The Morgan fingerprint density at radius 3 is 2.27 bits per heavy atom. The SMILES string of the molecule is O=COCCCCOCCCCC(=O)O. The van der Waals surface area contributed by atoms with Gasteiger partial charge in [-0.2, -0.15) is 0 Å². The minimum Gasteiger partial charge on any atom is -0.481 e. The van der Waals surface area contributed by atoms with Crippen LogP contribution in [-0.4, -0.2) is 37.4 Å². The third-order valence-corrected chi connectivity index (χ3v) is 1.80. The van der Waals surface area contributed by atoms with E-state index in [1.165, 1.54) is 0 Å². The number of hydrogen-bond acceptors (Lipinski definition) is 4. The van der Waals surface area contributed by atoms with Gasteiger partial charge >= 0.3 is 5.97 Å². The molecule has 0 aromatic rings. The van der Waals surface area contributed by atoms with Gasteiger partial charge in [-0.3, -0.25) is 9.59 Å². The number of unbranched alkanes of at least 4 members (excludes halogenated alkanes) is 2. The predicted octanol–water partition coefficient (Wildman–Crippen LogP) is 1.21. The van der Waals surface area contributed by atoms with Crippen molar-refractivity contribution in [3.8, 4) is 0 Å². The highest BCUT2D eigenvalue weighted by atomic mass is 16.5. The summed E-state index contributed by atoms with van der Waals surface area (Å²) in [5.41, 5.74) is 0. The number of carbonyl (C=O) groups is 2. The monoisotopic (exact) mass is 218 g/mol. The maximum atomic E-state index is 10.2. The quantitative estimate of drug-likeness (QED) is 0.417. The lowest BCUT2D eigenvalue weighted by atomic mass is 10.2. The molecule has 0 aliphatic rings. The molecule has 15 heavy (non-hydrogen) atoms. The van der Waals surface area contributed by atoms with E-state index in [1.807, 2.05) is 0 Å². The number of carboxylic acids is 1. The van der Waals surface area contributed by atoms with Crippen LogP contribution >= 0.6 is 0 Å². The number of carbonyl (C=O) groups excluding carboxylic acids is 1. The average Bonchev–Trinajstić information content (AvgIpc) is 2.20. The maximum absolute atomic E-state index is 10.2. The first-order valence-corrected chi connectivity index (χ1v) is 5.12. The van der Waals surface area contributed by atoms with Crippen LogP contribution in [0, 0.1) is 0 Å². The Morgan fingerprint density at radius 2 is 1.67 bits per heavy atom. The first-order chi connectivity index (χ1) is 7.27. The highest BCUT2D eigenvalue weighted by Crippen LogP contribution is 1.97. The second kappa shape index (κ2) is 11.0. The minimum absolute atomic E-state index is 0.205. The summed E-state index contributed by atoms with van der Waals surface area (Å²) in [4.78, 5) is 19.9. The number of aliphatic carboxylic acids is 1. The lowest BCUT2D eigenvalue weighted by molar-refractivity contribution is -0.137. The number of carboxylic acid groups (broad SMARTS) is 1. The molecule has 0 unspecified atom stereocenters. The summed E-state index contributed by atoms with van der Waals surface area (Å²) in [6, 6.07) is 0. The van der Waals surface area contributed by atoms with Gasteiger partial charge in [-0.15, -0.1) is 0 Å². The number of hydrogen-bond donors (Lipinski definition) is 1. The van der Waals surface area contributed by atoms with E-state index in [1.54, 1.807) is 0 Å². The Balaban J connectivity index is 2.92. The normalized spacial score (nSPS) is 9.87. The minimum atomic E-state index is -0.763. The van der Waals surface area contributed by atoms with Crippen molar-refractivity contribution >= 4 is 12.4 Å². The lowest BCUT2D eigenvalue weighted by Crippen LogP contribution is -2.01. The van der Waals surface area contributed by atoms with Gasteiger partial charge < -0.3 is 14.6 Å². The van der Waals surface area contributed by atoms with Crippen LogP contribution in [0.4, 0.5) is 0 Å². The smallest absolute Gasteiger partial charge is 0.303 e. The van der Waals surface area contributed by atoms with E-state index in [2.05, 4.69) is 4.74 Å². The Labute approximate surface area is 89.4 Å². The Bertz CT molecular complexity index is 169. The molecule has 0 aromatic carbocycles. The Hall–Kier alpha value is -1.10. The molecule has 1 N–H and O–H groups in total. The summed E-state index contributed by atoms with van der Waals surface area (Å²) in [5, 5.41) is 8.35. The van der Waals surface area contributed by atoms with Crippen molar-refractivity contribution in [3.05, 3.63) is 0 Å². The van der Waals surface area contributed by atoms with Crippen molar-refractivity contribution in [2.24, 2.45) is 0 Å². The van der Waals surface area contributed by atoms with Gasteiger partial charge in [0.05, 0.1) is 6.61 Å². The van der Waals surface area contributed by atoms with Crippen LogP contribution in [0.1, 0.15) is 32.1 Å². The van der Waals surface area contributed by atoms with Gasteiger partial charge in [0.25, 0.3) is 6.47 Å². The van der Waals surface area contributed by atoms with Gasteiger partial charge in [0.15, 0.2) is 0 Å². The van der Waals surface area contributed by atoms with Crippen LogP contribution in [0.25, 0.3) is 0 Å². The molecule has 0 bridgehead atoms. The fourth-order valence-electron chi connectivity index (χ4n) is 1.02. The van der Waals surface area contributed by atoms with Gasteiger partial charge in [-0.1, -0.05) is 0 Å². The first kappa shape index (κ1) is 13.9. The highest BCUT2D eigenvalue weighted by Gasteiger charge is 1.96. The second-order valence-electron chi connectivity index (χ2n) is 3.14. The van der Waals surface area contributed by atoms with E-state index in [0.29, 0.717) is 32.7 Å². The zero-order chi connectivity index (χ0) is 11.4. The molecule has 5 nitrogen and oxygen atoms in total. The summed E-state index contributed by atoms with van der Waals surface area (Å²) in [6.45, 7) is 2.11. The summed E-state index contributed by atoms with van der Waals surface area (Å²) in [6.07, 6.45) is 3.29. The third-order valence-electron chi connectivity index (χ3n) is 1.80. The fraction of sp³-hybridized carbons (Fsp3) is 0.800. The molecule has 0 radical (unpaired) electrons. The van der Waals surface area contributed by atoms with Gasteiger partial charge in [0.2, 0.25) is 0 Å². The van der Waals surface area contributed by atoms with Crippen molar-refractivity contribution < 1.29 is 24.2 Å². The van der Waals surface area contributed by atoms with E-state index in [-0.39, 0.29) is 6.42 Å². The number of rotatable bonds is 11. The van der Waals surface area contributed by atoms with Crippen LogP contribution in [0.2, 0.25) is 0 Å². The van der Waals surface area contributed by atoms with Crippen LogP contribution in [0.5, 0.6) is 0 Å². The van der Waals surface area contributed by atoms with E-state index in [0.717, 1.165) is 19.3 Å². The van der Waals surface area contributed by atoms with Gasteiger partial charge in [0.1, 0.15) is 0 Å². The molecule has 0 spiro atoms. The average molecular weight is 218 g/mol. The van der Waals surface area contributed by atoms with E-state index in [4.69, 9.17) is 9.84 Å². The van der Waals surface area contributed by atoms with Crippen LogP contribution in [0.3, 0.4) is 0 Å². The molecule has 88 valence electrons. The Kier molecular flexibility index (Phi) is 10.2. The van der Waals surface area contributed by atoms with Gasteiger partial charge in [0, 0.05) is 19.6 Å². The summed E-state index contributed by atoms with van der Waals surface area (Å²) in [5.74, 6) is -0.763. The molecular formula is C10H18O5. The zero-order valence-corrected chi connectivity index (χ0v) is 8.81. The van der Waals surface area contributed by atoms with Crippen molar-refractivity contribution in [2.75, 3.05) is 19.8 Å². The van der Waals surface area contributed by atoms with Crippen molar-refractivity contribution in [1.82, 2.24) is 0 Å². The zero-order valence-electron chi connectivity index (χ0n) is 8.81. The molecule has 0 rings (SSSR count). The van der Waals surface area contributed by atoms with Crippen molar-refractivity contribution in [1.29, 1.82) is 0 Å². The highest BCUT2D eigenvalue weighted by molar-refractivity contribution is 5.66. The maximum Gasteiger partial charge on any atom is 0.303 e. The van der Waals surface area contributed by atoms with Crippen molar-refractivity contribution in [2.45, 2.75) is 32.1 Å². The molecular weight excluding hydrogens is 200 g/mol. The molecule has 0 aliphatic carbocycles. The van der Waals surface area contributed by atoms with Gasteiger partial charge in [-0.25, -0.2) is 0 Å². The first-order valence-electron chi connectivity index (χ1n) is 5.12. The summed E-state index contributed by atoms with van der Waals surface area (Å²) >= 11 is 0.